The van der Waals surface area contributed by atoms with Crippen molar-refractivity contribution in [3.05, 3.63) is 40.6 Å². The molecule has 0 fully saturated rings. The van der Waals surface area contributed by atoms with Gasteiger partial charge in [-0.2, -0.15) is 11.3 Å². The third-order valence-electron chi connectivity index (χ3n) is 2.62. The van der Waals surface area contributed by atoms with Crippen LogP contribution in [-0.4, -0.2) is 11.2 Å². The Morgan fingerprint density at radius 3 is 3.06 bits per heavy atom. The first-order valence-electron chi connectivity index (χ1n) is 5.55. The molecule has 0 amide bonds. The van der Waals surface area contributed by atoms with Crippen molar-refractivity contribution < 1.29 is 0 Å². The molecule has 0 aliphatic heterocycles. The van der Waals surface area contributed by atoms with Gasteiger partial charge in [0.1, 0.15) is 0 Å². The molecule has 0 saturated carbocycles. The average Bonchev–Trinajstić information content (AvgIpc) is 3.04. The fraction of sp³-hybridized carbons (Fsp3) is 0.154. The quantitative estimate of drug-likeness (QED) is 0.706. The SMILES string of the molecule is CSc1nc2ccc(NCc3ccsc3)cc2s1. The molecule has 18 heavy (non-hydrogen) atoms. The Hall–Kier alpha value is -1.04. The van der Waals surface area contributed by atoms with Crippen LogP contribution in [0.3, 0.4) is 0 Å². The van der Waals surface area contributed by atoms with Crippen LogP contribution < -0.4 is 5.32 Å². The Balaban J connectivity index is 1.80. The lowest BCUT2D eigenvalue weighted by Gasteiger charge is -2.04. The highest BCUT2D eigenvalue weighted by molar-refractivity contribution is 8.00. The van der Waals surface area contributed by atoms with Gasteiger partial charge in [0.15, 0.2) is 4.34 Å². The number of fused-ring (bicyclic) bond motifs is 1. The number of nitrogens with one attached hydrogen (secondary N) is 1. The molecule has 0 radical (unpaired) electrons. The Morgan fingerprint density at radius 1 is 1.33 bits per heavy atom. The van der Waals surface area contributed by atoms with Gasteiger partial charge in [-0.05, 0) is 46.8 Å². The summed E-state index contributed by atoms with van der Waals surface area (Å²) in [6.45, 7) is 0.878. The molecule has 0 bridgehead atoms. The third kappa shape index (κ3) is 2.53. The molecule has 0 spiro atoms. The minimum atomic E-state index is 0.878. The van der Waals surface area contributed by atoms with E-state index in [1.54, 1.807) is 34.4 Å². The molecule has 0 saturated heterocycles. The summed E-state index contributed by atoms with van der Waals surface area (Å²) in [7, 11) is 0. The summed E-state index contributed by atoms with van der Waals surface area (Å²) in [4.78, 5) is 4.54. The van der Waals surface area contributed by atoms with Crippen molar-refractivity contribution in [3.8, 4) is 0 Å². The van der Waals surface area contributed by atoms with Gasteiger partial charge in [0.2, 0.25) is 0 Å². The molecule has 92 valence electrons. The van der Waals surface area contributed by atoms with E-state index >= 15 is 0 Å². The van der Waals surface area contributed by atoms with E-state index in [1.807, 2.05) is 0 Å². The van der Waals surface area contributed by atoms with Crippen LogP contribution in [0, 0.1) is 0 Å². The van der Waals surface area contributed by atoms with Crippen LogP contribution in [0.2, 0.25) is 0 Å². The Kier molecular flexibility index (Phi) is 3.54. The van der Waals surface area contributed by atoms with Crippen LogP contribution in [0.15, 0.2) is 39.4 Å². The molecule has 2 aromatic heterocycles. The topological polar surface area (TPSA) is 24.9 Å². The second kappa shape index (κ2) is 5.30. The van der Waals surface area contributed by atoms with E-state index in [0.29, 0.717) is 0 Å². The highest BCUT2D eigenvalue weighted by Crippen LogP contribution is 2.30. The second-order valence-corrected chi connectivity index (χ2v) is 6.72. The molecule has 0 unspecified atom stereocenters. The molecule has 0 aliphatic rings. The number of hydrogen-bond donors (Lipinski definition) is 1. The van der Waals surface area contributed by atoms with E-state index < -0.39 is 0 Å². The van der Waals surface area contributed by atoms with Crippen LogP contribution >= 0.6 is 34.4 Å². The Morgan fingerprint density at radius 2 is 2.28 bits per heavy atom. The summed E-state index contributed by atoms with van der Waals surface area (Å²) >= 11 is 5.18. The van der Waals surface area contributed by atoms with Crippen LogP contribution in [0.5, 0.6) is 0 Å². The molecule has 2 heterocycles. The molecular weight excluding hydrogens is 280 g/mol. The average molecular weight is 292 g/mol. The fourth-order valence-corrected chi connectivity index (χ4v) is 3.90. The molecule has 0 aliphatic carbocycles. The molecule has 2 nitrogen and oxygen atoms in total. The first kappa shape index (κ1) is 12.0. The van der Waals surface area contributed by atoms with Crippen molar-refractivity contribution in [3.63, 3.8) is 0 Å². The van der Waals surface area contributed by atoms with Crippen molar-refractivity contribution >= 4 is 50.3 Å². The Labute approximate surface area is 118 Å². The molecule has 0 atom stereocenters. The zero-order valence-corrected chi connectivity index (χ0v) is 12.3. The summed E-state index contributed by atoms with van der Waals surface area (Å²) < 4.78 is 2.37. The van der Waals surface area contributed by atoms with Gasteiger partial charge < -0.3 is 5.32 Å². The van der Waals surface area contributed by atoms with Crippen molar-refractivity contribution in [2.24, 2.45) is 0 Å². The third-order valence-corrected chi connectivity index (χ3v) is 5.36. The number of rotatable bonds is 4. The van der Waals surface area contributed by atoms with Gasteiger partial charge >= 0.3 is 0 Å². The predicted molar refractivity (Wildman–Crippen MR) is 83.0 cm³/mol. The van der Waals surface area contributed by atoms with Crippen molar-refractivity contribution in [2.45, 2.75) is 10.9 Å². The van der Waals surface area contributed by atoms with Crippen molar-refractivity contribution in [1.82, 2.24) is 4.98 Å². The predicted octanol–water partition coefficient (Wildman–Crippen LogP) is 4.69. The molecule has 1 N–H and O–H groups in total. The maximum absolute atomic E-state index is 4.54. The van der Waals surface area contributed by atoms with E-state index in [4.69, 9.17) is 0 Å². The summed E-state index contributed by atoms with van der Waals surface area (Å²) in [6.07, 6.45) is 2.06. The lowest BCUT2D eigenvalue weighted by molar-refractivity contribution is 1.17. The lowest BCUT2D eigenvalue weighted by Crippen LogP contribution is -1.97. The van der Waals surface area contributed by atoms with E-state index in [9.17, 15) is 0 Å². The minimum Gasteiger partial charge on any atom is -0.381 e. The van der Waals surface area contributed by atoms with Crippen LogP contribution in [0.4, 0.5) is 5.69 Å². The van der Waals surface area contributed by atoms with Gasteiger partial charge in [-0.15, -0.1) is 11.3 Å². The van der Waals surface area contributed by atoms with Crippen molar-refractivity contribution in [1.29, 1.82) is 0 Å². The van der Waals surface area contributed by atoms with Gasteiger partial charge in [0.05, 0.1) is 10.2 Å². The zero-order chi connectivity index (χ0) is 12.4. The van der Waals surface area contributed by atoms with Gasteiger partial charge in [-0.25, -0.2) is 4.98 Å². The number of nitrogens with zero attached hydrogens (tertiary/aromatic N) is 1. The zero-order valence-electron chi connectivity index (χ0n) is 9.84. The van der Waals surface area contributed by atoms with Crippen LogP contribution in [-0.2, 0) is 6.54 Å². The van der Waals surface area contributed by atoms with Gasteiger partial charge in [0.25, 0.3) is 0 Å². The standard InChI is InChI=1S/C13H12N2S3/c1-16-13-15-11-3-2-10(6-12(11)18-13)14-7-9-4-5-17-8-9/h2-6,8,14H,7H2,1H3. The summed E-state index contributed by atoms with van der Waals surface area (Å²) in [6, 6.07) is 8.51. The van der Waals surface area contributed by atoms with E-state index in [1.165, 1.54) is 10.3 Å². The highest BCUT2D eigenvalue weighted by atomic mass is 32.2. The number of aromatic nitrogens is 1. The van der Waals surface area contributed by atoms with Crippen LogP contribution in [0.25, 0.3) is 10.2 Å². The maximum Gasteiger partial charge on any atom is 0.150 e. The molecule has 3 aromatic rings. The fourth-order valence-electron chi connectivity index (χ4n) is 1.70. The lowest BCUT2D eigenvalue weighted by atomic mass is 10.3. The summed E-state index contributed by atoms with van der Waals surface area (Å²) in [5, 5.41) is 7.72. The minimum absolute atomic E-state index is 0.878. The highest BCUT2D eigenvalue weighted by Gasteiger charge is 2.03. The van der Waals surface area contributed by atoms with E-state index in [2.05, 4.69) is 51.6 Å². The molecule has 5 heteroatoms. The number of thiophene rings is 1. The van der Waals surface area contributed by atoms with Gasteiger partial charge in [-0.1, -0.05) is 11.8 Å². The number of thioether (sulfide) groups is 1. The largest absolute Gasteiger partial charge is 0.381 e. The monoisotopic (exact) mass is 292 g/mol. The normalized spacial score (nSPS) is 10.9. The van der Waals surface area contributed by atoms with Crippen molar-refractivity contribution in [2.75, 3.05) is 11.6 Å². The maximum atomic E-state index is 4.54. The smallest absolute Gasteiger partial charge is 0.150 e. The summed E-state index contributed by atoms with van der Waals surface area (Å²) in [5.74, 6) is 0. The number of benzene rings is 1. The van der Waals surface area contributed by atoms with Gasteiger partial charge in [-0.3, -0.25) is 0 Å². The first-order chi connectivity index (χ1) is 8.85. The molecule has 3 rings (SSSR count). The van der Waals surface area contributed by atoms with E-state index in [-0.39, 0.29) is 0 Å². The first-order valence-corrected chi connectivity index (χ1v) is 8.53. The van der Waals surface area contributed by atoms with Crippen LogP contribution in [0.1, 0.15) is 5.56 Å². The number of anilines is 1. The van der Waals surface area contributed by atoms with E-state index in [0.717, 1.165) is 22.1 Å². The van der Waals surface area contributed by atoms with Gasteiger partial charge in [0, 0.05) is 12.2 Å². The number of hydrogen-bond acceptors (Lipinski definition) is 5. The summed E-state index contributed by atoms with van der Waals surface area (Å²) in [5.41, 5.74) is 3.57. The molecular formula is C13H12N2S3. The molecule has 1 aromatic carbocycles. The Bertz CT molecular complexity index is 643. The number of thiazole rings is 1. The second-order valence-electron chi connectivity index (χ2n) is 3.85.